The van der Waals surface area contributed by atoms with E-state index in [4.69, 9.17) is 0 Å². The molecule has 0 spiro atoms. The molecule has 0 radical (unpaired) electrons. The molecule has 4 aromatic heterocycles. The standard InChI is InChI=1S/C16H15N7/c1-2-22-11-12(9-20-22)14-10-19-16-15(18-7-8-23(14)16)21-13-3-5-17-6-4-13/h3-11H,2H2,1H3,(H,17,18,21). The molecule has 0 unspecified atom stereocenters. The Balaban J connectivity index is 1.77. The fourth-order valence-electron chi connectivity index (χ4n) is 2.46. The van der Waals surface area contributed by atoms with E-state index in [1.807, 2.05) is 46.0 Å². The van der Waals surface area contributed by atoms with Crippen molar-refractivity contribution < 1.29 is 0 Å². The van der Waals surface area contributed by atoms with Gasteiger partial charge in [0.2, 0.25) is 0 Å². The van der Waals surface area contributed by atoms with Crippen molar-refractivity contribution in [1.82, 2.24) is 29.1 Å². The number of hydrogen-bond acceptors (Lipinski definition) is 5. The smallest absolute Gasteiger partial charge is 0.180 e. The summed E-state index contributed by atoms with van der Waals surface area (Å²) < 4.78 is 3.90. The highest BCUT2D eigenvalue weighted by Gasteiger charge is 2.11. The van der Waals surface area contributed by atoms with Gasteiger partial charge in [-0.1, -0.05) is 0 Å². The molecule has 7 heteroatoms. The van der Waals surface area contributed by atoms with E-state index in [0.29, 0.717) is 5.82 Å². The van der Waals surface area contributed by atoms with Gasteiger partial charge in [-0.2, -0.15) is 5.10 Å². The van der Waals surface area contributed by atoms with Crippen LogP contribution in [0.1, 0.15) is 6.92 Å². The van der Waals surface area contributed by atoms with Crippen LogP contribution in [-0.4, -0.2) is 29.1 Å². The third-order valence-corrected chi connectivity index (χ3v) is 3.62. The molecule has 0 amide bonds. The van der Waals surface area contributed by atoms with Crippen molar-refractivity contribution in [2.45, 2.75) is 13.5 Å². The van der Waals surface area contributed by atoms with Gasteiger partial charge in [-0.15, -0.1) is 0 Å². The zero-order chi connectivity index (χ0) is 15.6. The van der Waals surface area contributed by atoms with Crippen molar-refractivity contribution in [1.29, 1.82) is 0 Å². The third kappa shape index (κ3) is 2.42. The Labute approximate surface area is 132 Å². The normalized spacial score (nSPS) is 11.0. The van der Waals surface area contributed by atoms with E-state index >= 15 is 0 Å². The van der Waals surface area contributed by atoms with Crippen LogP contribution < -0.4 is 5.32 Å². The number of fused-ring (bicyclic) bond motifs is 1. The maximum Gasteiger partial charge on any atom is 0.180 e. The monoisotopic (exact) mass is 305 g/mol. The molecule has 114 valence electrons. The van der Waals surface area contributed by atoms with Crippen LogP contribution in [0.2, 0.25) is 0 Å². The highest BCUT2D eigenvalue weighted by Crippen LogP contribution is 2.24. The van der Waals surface area contributed by atoms with E-state index in [0.717, 1.165) is 29.1 Å². The van der Waals surface area contributed by atoms with Crippen molar-refractivity contribution in [3.05, 3.63) is 55.5 Å². The quantitative estimate of drug-likeness (QED) is 0.627. The number of anilines is 2. The van der Waals surface area contributed by atoms with Crippen LogP contribution in [0.5, 0.6) is 0 Å². The van der Waals surface area contributed by atoms with Crippen LogP contribution in [0.3, 0.4) is 0 Å². The van der Waals surface area contributed by atoms with Crippen molar-refractivity contribution >= 4 is 17.2 Å². The molecule has 7 nitrogen and oxygen atoms in total. The van der Waals surface area contributed by atoms with Gasteiger partial charge in [0, 0.05) is 48.8 Å². The van der Waals surface area contributed by atoms with Crippen molar-refractivity contribution in [3.8, 4) is 11.3 Å². The zero-order valence-electron chi connectivity index (χ0n) is 12.6. The third-order valence-electron chi connectivity index (χ3n) is 3.62. The molecule has 4 rings (SSSR count). The Kier molecular flexibility index (Phi) is 3.23. The van der Waals surface area contributed by atoms with Crippen molar-refractivity contribution in [3.63, 3.8) is 0 Å². The number of rotatable bonds is 4. The van der Waals surface area contributed by atoms with Crippen LogP contribution in [0.25, 0.3) is 16.9 Å². The summed E-state index contributed by atoms with van der Waals surface area (Å²) in [5, 5.41) is 7.60. The second kappa shape index (κ2) is 5.53. The summed E-state index contributed by atoms with van der Waals surface area (Å²) >= 11 is 0. The number of pyridine rings is 1. The lowest BCUT2D eigenvalue weighted by Gasteiger charge is -2.06. The van der Waals surface area contributed by atoms with E-state index in [9.17, 15) is 0 Å². The Morgan fingerprint density at radius 1 is 1.09 bits per heavy atom. The van der Waals surface area contributed by atoms with E-state index < -0.39 is 0 Å². The molecule has 0 aliphatic rings. The average molecular weight is 305 g/mol. The van der Waals surface area contributed by atoms with Gasteiger partial charge in [0.25, 0.3) is 0 Å². The molecule has 0 atom stereocenters. The summed E-state index contributed by atoms with van der Waals surface area (Å²) in [5.41, 5.74) is 3.70. The highest BCUT2D eigenvalue weighted by atomic mass is 15.3. The summed E-state index contributed by atoms with van der Waals surface area (Å²) in [6.45, 7) is 2.90. The lowest BCUT2D eigenvalue weighted by molar-refractivity contribution is 0.660. The Hall–Kier alpha value is -3.22. The molecule has 0 fully saturated rings. The lowest BCUT2D eigenvalue weighted by atomic mass is 10.3. The molecule has 0 aliphatic carbocycles. The van der Waals surface area contributed by atoms with Crippen LogP contribution in [0.4, 0.5) is 11.5 Å². The van der Waals surface area contributed by atoms with Crippen LogP contribution in [-0.2, 0) is 6.54 Å². The second-order valence-electron chi connectivity index (χ2n) is 5.06. The molecule has 0 aromatic carbocycles. The molecule has 0 aliphatic heterocycles. The zero-order valence-corrected chi connectivity index (χ0v) is 12.6. The summed E-state index contributed by atoms with van der Waals surface area (Å²) in [6.07, 6.45) is 12.8. The number of hydrogen-bond donors (Lipinski definition) is 1. The van der Waals surface area contributed by atoms with Gasteiger partial charge in [-0.25, -0.2) is 9.97 Å². The fraction of sp³-hybridized carbons (Fsp3) is 0.125. The predicted octanol–water partition coefficient (Wildman–Crippen LogP) is 2.75. The Morgan fingerprint density at radius 3 is 2.74 bits per heavy atom. The first-order chi connectivity index (χ1) is 11.3. The van der Waals surface area contributed by atoms with Gasteiger partial charge in [0.1, 0.15) is 0 Å². The highest BCUT2D eigenvalue weighted by molar-refractivity contribution is 5.73. The van der Waals surface area contributed by atoms with Gasteiger partial charge >= 0.3 is 0 Å². The Morgan fingerprint density at radius 2 is 1.96 bits per heavy atom. The largest absolute Gasteiger partial charge is 0.337 e. The topological polar surface area (TPSA) is 72.9 Å². The van der Waals surface area contributed by atoms with E-state index in [1.54, 1.807) is 18.6 Å². The molecule has 1 N–H and O–H groups in total. The minimum Gasteiger partial charge on any atom is -0.337 e. The van der Waals surface area contributed by atoms with E-state index in [1.165, 1.54) is 0 Å². The maximum atomic E-state index is 4.51. The summed E-state index contributed by atoms with van der Waals surface area (Å²) in [4.78, 5) is 12.9. The maximum absolute atomic E-state index is 4.51. The van der Waals surface area contributed by atoms with E-state index in [-0.39, 0.29) is 0 Å². The van der Waals surface area contributed by atoms with E-state index in [2.05, 4.69) is 32.3 Å². The molecule has 4 aromatic rings. The van der Waals surface area contributed by atoms with Crippen molar-refractivity contribution in [2.75, 3.05) is 5.32 Å². The molecule has 0 bridgehead atoms. The molecule has 0 saturated heterocycles. The summed E-state index contributed by atoms with van der Waals surface area (Å²) in [5.74, 6) is 0.702. The minimum atomic E-state index is 0.702. The fourth-order valence-corrected chi connectivity index (χ4v) is 2.46. The van der Waals surface area contributed by atoms with Gasteiger partial charge in [-0.3, -0.25) is 14.1 Å². The number of aryl methyl sites for hydroxylation is 1. The van der Waals surface area contributed by atoms with Crippen LogP contribution in [0, 0.1) is 0 Å². The first-order valence-corrected chi connectivity index (χ1v) is 7.37. The van der Waals surface area contributed by atoms with Gasteiger partial charge in [0.05, 0.1) is 18.1 Å². The van der Waals surface area contributed by atoms with Crippen LogP contribution >= 0.6 is 0 Å². The second-order valence-corrected chi connectivity index (χ2v) is 5.06. The molecule has 0 saturated carbocycles. The number of nitrogens with zero attached hydrogens (tertiary/aromatic N) is 6. The molecule has 4 heterocycles. The van der Waals surface area contributed by atoms with Crippen molar-refractivity contribution in [2.24, 2.45) is 0 Å². The van der Waals surface area contributed by atoms with Gasteiger partial charge < -0.3 is 5.32 Å². The average Bonchev–Trinajstić information content (AvgIpc) is 3.22. The SMILES string of the molecule is CCn1cc(-c2cnc3c(Nc4ccncc4)nccn23)cn1. The summed E-state index contributed by atoms with van der Waals surface area (Å²) in [7, 11) is 0. The van der Waals surface area contributed by atoms with Gasteiger partial charge in [-0.05, 0) is 19.1 Å². The lowest BCUT2D eigenvalue weighted by Crippen LogP contribution is -1.98. The number of imidazole rings is 1. The molecular weight excluding hydrogens is 290 g/mol. The first-order valence-electron chi connectivity index (χ1n) is 7.37. The molecule has 23 heavy (non-hydrogen) atoms. The molecular formula is C16H15N7. The first kappa shape index (κ1) is 13.4. The minimum absolute atomic E-state index is 0.702. The Bertz CT molecular complexity index is 939. The summed E-state index contributed by atoms with van der Waals surface area (Å²) in [6, 6.07) is 3.78. The number of aromatic nitrogens is 6. The van der Waals surface area contributed by atoms with Gasteiger partial charge in [0.15, 0.2) is 11.5 Å². The predicted molar refractivity (Wildman–Crippen MR) is 87.4 cm³/mol. The van der Waals surface area contributed by atoms with Crippen LogP contribution in [0.15, 0.2) is 55.5 Å². The number of nitrogens with one attached hydrogen (secondary N) is 1.